The molecule has 0 unspecified atom stereocenters. The van der Waals surface area contributed by atoms with Crippen LogP contribution in [0.2, 0.25) is 0 Å². The summed E-state index contributed by atoms with van der Waals surface area (Å²) in [4.78, 5) is 0. The van der Waals surface area contributed by atoms with E-state index in [4.69, 9.17) is 0 Å². The molecule has 21 heavy (non-hydrogen) atoms. The molecule has 1 aromatic carbocycles. The Morgan fingerprint density at radius 2 is 1.67 bits per heavy atom. The van der Waals surface area contributed by atoms with Crippen molar-refractivity contribution in [2.45, 2.75) is 78.1 Å². The lowest BCUT2D eigenvalue weighted by Crippen LogP contribution is -1.89. The Hall–Kier alpha value is -1.26. The molecule has 0 fully saturated rings. The van der Waals surface area contributed by atoms with Crippen molar-refractivity contribution in [1.82, 2.24) is 0 Å². The lowest BCUT2D eigenvalue weighted by Gasteiger charge is -2.04. The molecule has 1 aromatic rings. The van der Waals surface area contributed by atoms with Gasteiger partial charge in [0.05, 0.1) is 0 Å². The first-order valence-corrected chi connectivity index (χ1v) is 8.83. The lowest BCUT2D eigenvalue weighted by atomic mass is 10.0. The van der Waals surface area contributed by atoms with E-state index in [0.717, 1.165) is 12.8 Å². The SMILES string of the molecule is CCCCCCC=C=C(CCCC)CCc1ccccc1. The predicted molar refractivity (Wildman–Crippen MR) is 94.6 cm³/mol. The van der Waals surface area contributed by atoms with E-state index in [-0.39, 0.29) is 0 Å². The van der Waals surface area contributed by atoms with E-state index in [0.29, 0.717) is 0 Å². The Labute approximate surface area is 132 Å². The summed E-state index contributed by atoms with van der Waals surface area (Å²) in [5.74, 6) is 0. The molecular formula is C21H32. The molecule has 0 N–H and O–H groups in total. The Kier molecular flexibility index (Phi) is 10.6. The Bertz CT molecular complexity index is 407. The summed E-state index contributed by atoms with van der Waals surface area (Å²) in [5, 5.41) is 0. The fraction of sp³-hybridized carbons (Fsp3) is 0.571. The normalized spacial score (nSPS) is 10.2. The van der Waals surface area contributed by atoms with E-state index in [1.165, 1.54) is 62.5 Å². The average Bonchev–Trinajstić information content (AvgIpc) is 2.53. The van der Waals surface area contributed by atoms with Crippen LogP contribution in [0, 0.1) is 0 Å². The largest absolute Gasteiger partial charge is 0.126 e. The molecule has 0 atom stereocenters. The van der Waals surface area contributed by atoms with Crippen molar-refractivity contribution in [2.24, 2.45) is 0 Å². The van der Waals surface area contributed by atoms with Gasteiger partial charge in [0.2, 0.25) is 0 Å². The second kappa shape index (κ2) is 12.5. The molecule has 116 valence electrons. The average molecular weight is 284 g/mol. The minimum atomic E-state index is 1.15. The van der Waals surface area contributed by atoms with Crippen molar-refractivity contribution in [1.29, 1.82) is 0 Å². The van der Waals surface area contributed by atoms with Crippen molar-refractivity contribution < 1.29 is 0 Å². The van der Waals surface area contributed by atoms with Crippen LogP contribution in [0.4, 0.5) is 0 Å². The van der Waals surface area contributed by atoms with Gasteiger partial charge in [-0.1, -0.05) is 69.9 Å². The van der Waals surface area contributed by atoms with Gasteiger partial charge in [-0.15, -0.1) is 5.73 Å². The molecule has 0 saturated heterocycles. The highest BCUT2D eigenvalue weighted by Gasteiger charge is 1.98. The molecule has 0 heterocycles. The van der Waals surface area contributed by atoms with E-state index >= 15 is 0 Å². The zero-order valence-corrected chi connectivity index (χ0v) is 14.0. The smallest absolute Gasteiger partial charge is 0.0203 e. The van der Waals surface area contributed by atoms with Crippen LogP contribution >= 0.6 is 0 Å². The van der Waals surface area contributed by atoms with Gasteiger partial charge >= 0.3 is 0 Å². The third-order valence-electron chi connectivity index (χ3n) is 3.90. The summed E-state index contributed by atoms with van der Waals surface area (Å²) in [5.41, 5.74) is 6.54. The zero-order valence-electron chi connectivity index (χ0n) is 14.0. The first kappa shape index (κ1) is 17.8. The fourth-order valence-electron chi connectivity index (χ4n) is 2.49. The molecule has 0 saturated carbocycles. The first-order valence-electron chi connectivity index (χ1n) is 8.83. The second-order valence-corrected chi connectivity index (χ2v) is 5.89. The molecule has 0 aliphatic rings. The summed E-state index contributed by atoms with van der Waals surface area (Å²) in [6.07, 6.45) is 14.9. The van der Waals surface area contributed by atoms with E-state index in [9.17, 15) is 0 Å². The third kappa shape index (κ3) is 9.32. The van der Waals surface area contributed by atoms with Crippen LogP contribution in [-0.2, 0) is 6.42 Å². The summed E-state index contributed by atoms with van der Waals surface area (Å²) < 4.78 is 0. The van der Waals surface area contributed by atoms with E-state index in [2.05, 4.69) is 56.0 Å². The molecule has 0 radical (unpaired) electrons. The number of allylic oxidation sites excluding steroid dienone is 1. The van der Waals surface area contributed by atoms with Crippen molar-refractivity contribution in [3.8, 4) is 0 Å². The summed E-state index contributed by atoms with van der Waals surface area (Å²) in [7, 11) is 0. The van der Waals surface area contributed by atoms with Crippen molar-refractivity contribution in [3.05, 3.63) is 53.3 Å². The zero-order chi connectivity index (χ0) is 15.2. The highest BCUT2D eigenvalue weighted by molar-refractivity contribution is 5.16. The monoisotopic (exact) mass is 284 g/mol. The van der Waals surface area contributed by atoms with Crippen molar-refractivity contribution in [3.63, 3.8) is 0 Å². The minimum Gasteiger partial charge on any atom is -0.126 e. The fourth-order valence-corrected chi connectivity index (χ4v) is 2.49. The number of hydrogen-bond acceptors (Lipinski definition) is 0. The van der Waals surface area contributed by atoms with Gasteiger partial charge in [0.15, 0.2) is 0 Å². The van der Waals surface area contributed by atoms with Gasteiger partial charge in [0, 0.05) is 0 Å². The second-order valence-electron chi connectivity index (χ2n) is 5.89. The lowest BCUT2D eigenvalue weighted by molar-refractivity contribution is 0.674. The van der Waals surface area contributed by atoms with Crippen LogP contribution < -0.4 is 0 Å². The highest BCUT2D eigenvalue weighted by atomic mass is 14.0. The van der Waals surface area contributed by atoms with E-state index < -0.39 is 0 Å². The Morgan fingerprint density at radius 3 is 2.38 bits per heavy atom. The summed E-state index contributed by atoms with van der Waals surface area (Å²) >= 11 is 0. The molecule has 0 bridgehead atoms. The number of benzene rings is 1. The molecule has 0 amide bonds. The molecule has 0 aliphatic heterocycles. The maximum Gasteiger partial charge on any atom is -0.0203 e. The van der Waals surface area contributed by atoms with Gasteiger partial charge in [0.1, 0.15) is 0 Å². The van der Waals surface area contributed by atoms with Crippen LogP contribution in [0.5, 0.6) is 0 Å². The van der Waals surface area contributed by atoms with E-state index in [1.807, 2.05) is 0 Å². The number of rotatable bonds is 11. The molecule has 1 rings (SSSR count). The van der Waals surface area contributed by atoms with Gasteiger partial charge in [-0.3, -0.25) is 0 Å². The maximum atomic E-state index is 3.59. The predicted octanol–water partition coefficient (Wildman–Crippen LogP) is 6.86. The Balaban J connectivity index is 2.43. The summed E-state index contributed by atoms with van der Waals surface area (Å²) in [6.45, 7) is 4.53. The van der Waals surface area contributed by atoms with Crippen LogP contribution in [0.3, 0.4) is 0 Å². The van der Waals surface area contributed by atoms with Crippen molar-refractivity contribution in [2.75, 3.05) is 0 Å². The van der Waals surface area contributed by atoms with Crippen LogP contribution in [0.25, 0.3) is 0 Å². The standard InChI is InChI=1S/C21H32/c1-3-5-7-8-9-11-15-20(14-6-4-2)18-19-21-16-12-10-13-17-21/h10-13,16-17H,3-9,14,18-19H2,1-2H3. The quantitative estimate of drug-likeness (QED) is 0.307. The van der Waals surface area contributed by atoms with Gasteiger partial charge in [-0.05, 0) is 55.7 Å². The topological polar surface area (TPSA) is 0 Å². The highest BCUT2D eigenvalue weighted by Crippen LogP contribution is 2.14. The molecule has 0 aromatic heterocycles. The van der Waals surface area contributed by atoms with Gasteiger partial charge in [-0.25, -0.2) is 0 Å². The van der Waals surface area contributed by atoms with Crippen LogP contribution in [0.1, 0.15) is 77.2 Å². The van der Waals surface area contributed by atoms with Gasteiger partial charge < -0.3 is 0 Å². The van der Waals surface area contributed by atoms with Crippen molar-refractivity contribution >= 4 is 0 Å². The van der Waals surface area contributed by atoms with Crippen LogP contribution in [0.15, 0.2) is 47.7 Å². The van der Waals surface area contributed by atoms with Crippen LogP contribution in [-0.4, -0.2) is 0 Å². The molecule has 0 aliphatic carbocycles. The molecular weight excluding hydrogens is 252 g/mol. The number of hydrogen-bond donors (Lipinski definition) is 0. The number of aryl methyl sites for hydroxylation is 1. The van der Waals surface area contributed by atoms with Gasteiger partial charge in [-0.2, -0.15) is 0 Å². The third-order valence-corrected chi connectivity index (χ3v) is 3.90. The minimum absolute atomic E-state index is 1.15. The Morgan fingerprint density at radius 1 is 0.905 bits per heavy atom. The molecule has 0 heteroatoms. The molecule has 0 spiro atoms. The van der Waals surface area contributed by atoms with Gasteiger partial charge in [0.25, 0.3) is 0 Å². The first-order chi connectivity index (χ1) is 10.4. The molecule has 0 nitrogen and oxygen atoms in total. The van der Waals surface area contributed by atoms with E-state index in [1.54, 1.807) is 0 Å². The summed E-state index contributed by atoms with van der Waals surface area (Å²) in [6, 6.07) is 10.8. The number of unbranched alkanes of at least 4 members (excludes halogenated alkanes) is 5. The maximum absolute atomic E-state index is 3.59.